The van der Waals surface area contributed by atoms with E-state index in [-0.39, 0.29) is 5.97 Å². The summed E-state index contributed by atoms with van der Waals surface area (Å²) in [5, 5.41) is 0. The van der Waals surface area contributed by atoms with Crippen molar-refractivity contribution >= 4 is 11.6 Å². The van der Waals surface area contributed by atoms with E-state index in [1.807, 2.05) is 72.9 Å². The van der Waals surface area contributed by atoms with Crippen molar-refractivity contribution in [3.63, 3.8) is 0 Å². The fraction of sp³-hybridized carbons (Fsp3) is 0.381. The molecule has 0 saturated carbocycles. The van der Waals surface area contributed by atoms with Crippen LogP contribution in [0.2, 0.25) is 0 Å². The highest BCUT2D eigenvalue weighted by Gasteiger charge is 2.28. The molecule has 0 radical (unpaired) electrons. The number of hydrogen-bond donors (Lipinski definition) is 0. The van der Waals surface area contributed by atoms with Gasteiger partial charge in [0.1, 0.15) is 42.0 Å². The molecule has 6 rings (SSSR count). The number of methoxy groups -OCH3 is 2. The average Bonchev–Trinajstić information content (AvgIpc) is 3.56. The first-order chi connectivity index (χ1) is 24.5. The van der Waals surface area contributed by atoms with Crippen LogP contribution in [0.15, 0.2) is 73.1 Å². The summed E-state index contributed by atoms with van der Waals surface area (Å²) in [6, 6.07) is 20.3. The van der Waals surface area contributed by atoms with Gasteiger partial charge in [0.2, 0.25) is 0 Å². The number of imidazole rings is 1. The molecule has 0 fully saturated rings. The van der Waals surface area contributed by atoms with Gasteiger partial charge in [0.05, 0.1) is 31.7 Å². The van der Waals surface area contributed by atoms with E-state index in [0.717, 1.165) is 56.2 Å². The van der Waals surface area contributed by atoms with Gasteiger partial charge in [0.15, 0.2) is 11.5 Å². The predicted molar refractivity (Wildman–Crippen MR) is 203 cm³/mol. The topological polar surface area (TPSA) is 83.8 Å². The minimum Gasteiger partial charge on any atom is -0.496 e. The Labute approximate surface area is 302 Å². The molecule has 0 aliphatic carbocycles. The van der Waals surface area contributed by atoms with Crippen LogP contribution in [0.25, 0.3) is 39.2 Å². The number of hydrogen-bond acceptors (Lipinski definition) is 8. The number of rotatable bonds is 10. The monoisotopic (exact) mass is 693 g/mol. The van der Waals surface area contributed by atoms with Crippen LogP contribution in [-0.2, 0) is 16.1 Å². The number of ether oxygens (including phenoxy) is 5. The second-order valence-electron chi connectivity index (χ2n) is 13.3. The van der Waals surface area contributed by atoms with Crippen molar-refractivity contribution in [2.75, 3.05) is 34.0 Å². The molecule has 0 N–H and O–H groups in total. The zero-order valence-corrected chi connectivity index (χ0v) is 31.6. The molecule has 0 spiro atoms. The van der Waals surface area contributed by atoms with Crippen molar-refractivity contribution in [1.82, 2.24) is 14.3 Å². The van der Waals surface area contributed by atoms with Crippen LogP contribution in [0.5, 0.6) is 23.0 Å². The molecule has 0 bridgehead atoms. The van der Waals surface area contributed by atoms with E-state index in [1.54, 1.807) is 14.2 Å². The molecule has 1 unspecified atom stereocenters. The summed E-state index contributed by atoms with van der Waals surface area (Å²) in [6.07, 6.45) is 3.92. The van der Waals surface area contributed by atoms with E-state index in [2.05, 4.69) is 64.9 Å². The van der Waals surface area contributed by atoms with E-state index in [9.17, 15) is 4.79 Å². The lowest BCUT2D eigenvalue weighted by molar-refractivity contribution is -0.161. The maximum absolute atomic E-state index is 12.9. The molecule has 9 nitrogen and oxygen atoms in total. The van der Waals surface area contributed by atoms with E-state index >= 15 is 0 Å². The number of benzene rings is 3. The summed E-state index contributed by atoms with van der Waals surface area (Å²) in [4.78, 5) is 19.8. The molecule has 2 aromatic heterocycles. The summed E-state index contributed by atoms with van der Waals surface area (Å²) in [7, 11) is 3.30. The van der Waals surface area contributed by atoms with Crippen LogP contribution in [0.3, 0.4) is 0 Å². The van der Waals surface area contributed by atoms with Crippen LogP contribution in [0.4, 0.5) is 0 Å². The van der Waals surface area contributed by atoms with Gasteiger partial charge in [0.25, 0.3) is 0 Å². The van der Waals surface area contributed by atoms with Gasteiger partial charge >= 0.3 is 5.97 Å². The average molecular weight is 694 g/mol. The van der Waals surface area contributed by atoms with Crippen molar-refractivity contribution in [2.24, 2.45) is 0 Å². The molecular weight excluding hydrogens is 642 g/mol. The van der Waals surface area contributed by atoms with Crippen molar-refractivity contribution < 1.29 is 28.5 Å². The quantitative estimate of drug-likeness (QED) is 0.134. The maximum Gasteiger partial charge on any atom is 0.323 e. The van der Waals surface area contributed by atoms with Gasteiger partial charge in [-0.3, -0.25) is 14.1 Å². The van der Waals surface area contributed by atoms with E-state index in [1.165, 1.54) is 5.56 Å². The molecule has 3 aromatic carbocycles. The number of fused-ring (bicyclic) bond motifs is 2. The lowest BCUT2D eigenvalue weighted by Gasteiger charge is -2.30. The number of carbonyl (C=O) groups is 1. The third kappa shape index (κ3) is 7.99. The van der Waals surface area contributed by atoms with Crippen LogP contribution in [0.1, 0.15) is 59.6 Å². The van der Waals surface area contributed by atoms with Crippen molar-refractivity contribution in [2.45, 2.75) is 73.6 Å². The van der Waals surface area contributed by atoms with Gasteiger partial charge in [0, 0.05) is 18.3 Å². The Morgan fingerprint density at radius 1 is 0.902 bits per heavy atom. The van der Waals surface area contributed by atoms with Gasteiger partial charge in [-0.1, -0.05) is 45.0 Å². The minimum atomic E-state index is -0.562. The SMILES string of the molecule is CC.CCN(Cc1c(OC)cc(-c2cnc3cc(-c4cccc(-c5ccc6c(c5)OCCO6)c4C)ccn23)cc1OC)C(C)C(=O)OC(C)(C)C. The molecule has 0 amide bonds. The van der Waals surface area contributed by atoms with E-state index < -0.39 is 11.6 Å². The Morgan fingerprint density at radius 3 is 2.14 bits per heavy atom. The molecule has 1 aliphatic heterocycles. The molecule has 51 heavy (non-hydrogen) atoms. The zero-order valence-electron chi connectivity index (χ0n) is 31.6. The van der Waals surface area contributed by atoms with Crippen LogP contribution >= 0.6 is 0 Å². The van der Waals surface area contributed by atoms with Gasteiger partial charge in [-0.05, 0) is 105 Å². The Balaban J connectivity index is 0.00000248. The lowest BCUT2D eigenvalue weighted by Crippen LogP contribution is -2.42. The molecule has 1 atom stereocenters. The highest BCUT2D eigenvalue weighted by atomic mass is 16.6. The van der Waals surface area contributed by atoms with E-state index in [4.69, 9.17) is 28.7 Å². The predicted octanol–water partition coefficient (Wildman–Crippen LogP) is 9.01. The Hall–Kier alpha value is -5.02. The Kier molecular flexibility index (Phi) is 11.6. The van der Waals surface area contributed by atoms with Crippen molar-refractivity contribution in [1.29, 1.82) is 0 Å². The smallest absolute Gasteiger partial charge is 0.323 e. The first-order valence-corrected chi connectivity index (χ1v) is 17.7. The molecule has 9 heteroatoms. The summed E-state index contributed by atoms with van der Waals surface area (Å²) in [6.45, 7) is 17.9. The van der Waals surface area contributed by atoms with Gasteiger partial charge in [-0.15, -0.1) is 0 Å². The number of esters is 1. The third-order valence-corrected chi connectivity index (χ3v) is 8.98. The molecule has 5 aromatic rings. The largest absolute Gasteiger partial charge is 0.496 e. The first-order valence-electron chi connectivity index (χ1n) is 17.7. The number of likely N-dealkylation sites (N-methyl/N-ethyl adjacent to an activating group) is 1. The second kappa shape index (κ2) is 15.9. The highest BCUT2D eigenvalue weighted by Crippen LogP contribution is 2.39. The maximum atomic E-state index is 12.9. The summed E-state index contributed by atoms with van der Waals surface area (Å²) < 4.78 is 31.1. The number of aromatic nitrogens is 2. The number of nitrogens with zero attached hydrogens (tertiary/aromatic N) is 3. The van der Waals surface area contributed by atoms with Crippen LogP contribution in [-0.4, -0.2) is 65.9 Å². The normalized spacial score (nSPS) is 13.0. The molecule has 270 valence electrons. The second-order valence-corrected chi connectivity index (χ2v) is 13.3. The highest BCUT2D eigenvalue weighted by molar-refractivity contribution is 5.81. The van der Waals surface area contributed by atoms with Crippen molar-refractivity contribution in [3.05, 3.63) is 84.2 Å². The Morgan fingerprint density at radius 2 is 1.53 bits per heavy atom. The Bertz CT molecular complexity index is 1970. The van der Waals surface area contributed by atoms with Gasteiger partial charge < -0.3 is 23.7 Å². The zero-order chi connectivity index (χ0) is 36.9. The van der Waals surface area contributed by atoms with Gasteiger partial charge in [-0.2, -0.15) is 0 Å². The third-order valence-electron chi connectivity index (χ3n) is 8.98. The summed E-state index contributed by atoms with van der Waals surface area (Å²) >= 11 is 0. The fourth-order valence-corrected chi connectivity index (χ4v) is 6.38. The molecule has 3 heterocycles. The summed E-state index contributed by atoms with van der Waals surface area (Å²) in [5.41, 5.74) is 8.52. The fourth-order valence-electron chi connectivity index (χ4n) is 6.38. The van der Waals surface area contributed by atoms with Crippen LogP contribution in [0, 0.1) is 6.92 Å². The van der Waals surface area contributed by atoms with Crippen molar-refractivity contribution in [3.8, 4) is 56.5 Å². The van der Waals surface area contributed by atoms with E-state index in [0.29, 0.717) is 37.8 Å². The number of pyridine rings is 1. The molecule has 0 saturated heterocycles. The summed E-state index contributed by atoms with van der Waals surface area (Å²) in [5.74, 6) is 2.63. The molecule has 1 aliphatic rings. The lowest BCUT2D eigenvalue weighted by atomic mass is 9.93. The van der Waals surface area contributed by atoms with Crippen LogP contribution < -0.4 is 18.9 Å². The molecular formula is C42H51N3O6. The first kappa shape index (κ1) is 37.2. The minimum absolute atomic E-state index is 0.265. The standard InChI is InChI=1S/C40H45N3O6.C2H6/c1-9-42(26(3)39(44)49-40(4,5)6)24-32-35(45-7)20-29(21-36(32)46-8)33-23-41-38-22-28(15-16-43(33)38)31-12-10-11-30(25(31)2)27-13-14-34-37(19-27)48-18-17-47-34;1-2/h10-16,19-23,26H,9,17-18,24H2,1-8H3;1-2H3. The number of carbonyl (C=O) groups excluding carboxylic acids is 1. The van der Waals surface area contributed by atoms with Gasteiger partial charge in [-0.25, -0.2) is 4.98 Å².